The average molecular weight is 349 g/mol. The molecule has 4 nitrogen and oxygen atoms in total. The maximum atomic E-state index is 12.8. The fourth-order valence-corrected chi connectivity index (χ4v) is 4.12. The number of carbonyl (C=O) groups is 1. The van der Waals surface area contributed by atoms with Crippen LogP contribution in [0.1, 0.15) is 32.7 Å². The summed E-state index contributed by atoms with van der Waals surface area (Å²) in [7, 11) is 0. The SMILES string of the molecule is Cc1cccc(C(=O)Nc2c3c(nn2-c2ccccc2C)CSC3)c1. The first-order chi connectivity index (χ1) is 12.1. The Kier molecular flexibility index (Phi) is 4.09. The van der Waals surface area contributed by atoms with E-state index in [0.717, 1.165) is 45.4 Å². The van der Waals surface area contributed by atoms with E-state index in [1.165, 1.54) is 0 Å². The number of anilines is 1. The van der Waals surface area contributed by atoms with Gasteiger partial charge in [0.2, 0.25) is 0 Å². The van der Waals surface area contributed by atoms with Crippen LogP contribution in [0, 0.1) is 13.8 Å². The molecule has 1 aliphatic rings. The number of hydrogen-bond acceptors (Lipinski definition) is 3. The van der Waals surface area contributed by atoms with Crippen molar-refractivity contribution in [3.8, 4) is 5.69 Å². The van der Waals surface area contributed by atoms with Gasteiger partial charge in [-0.25, -0.2) is 4.68 Å². The fraction of sp³-hybridized carbons (Fsp3) is 0.200. The summed E-state index contributed by atoms with van der Waals surface area (Å²) >= 11 is 1.83. The lowest BCUT2D eigenvalue weighted by molar-refractivity contribution is 0.102. The molecular formula is C20H19N3OS. The lowest BCUT2D eigenvalue weighted by Gasteiger charge is -2.13. The van der Waals surface area contributed by atoms with Gasteiger partial charge in [-0.15, -0.1) is 0 Å². The van der Waals surface area contributed by atoms with Crippen molar-refractivity contribution >= 4 is 23.5 Å². The van der Waals surface area contributed by atoms with Crippen molar-refractivity contribution in [3.63, 3.8) is 0 Å². The Morgan fingerprint density at radius 1 is 1.12 bits per heavy atom. The zero-order chi connectivity index (χ0) is 17.4. The number of rotatable bonds is 3. The van der Waals surface area contributed by atoms with Crippen molar-refractivity contribution in [2.24, 2.45) is 0 Å². The molecule has 126 valence electrons. The summed E-state index contributed by atoms with van der Waals surface area (Å²) in [4.78, 5) is 12.8. The number of nitrogens with zero attached hydrogens (tertiary/aromatic N) is 2. The molecule has 0 bridgehead atoms. The lowest BCUT2D eigenvalue weighted by Crippen LogP contribution is -2.16. The van der Waals surface area contributed by atoms with E-state index in [2.05, 4.69) is 18.3 Å². The standard InChI is InChI=1S/C20H19N3OS/c1-13-6-5-8-15(10-13)20(24)21-19-16-11-25-12-17(16)22-23(19)18-9-4-3-7-14(18)2/h3-10H,11-12H2,1-2H3,(H,21,24). The Labute approximate surface area is 151 Å². The van der Waals surface area contributed by atoms with Crippen LogP contribution in [-0.2, 0) is 11.5 Å². The highest BCUT2D eigenvalue weighted by atomic mass is 32.2. The maximum Gasteiger partial charge on any atom is 0.256 e. The van der Waals surface area contributed by atoms with Gasteiger partial charge in [0.25, 0.3) is 5.91 Å². The summed E-state index contributed by atoms with van der Waals surface area (Å²) in [6.07, 6.45) is 0. The van der Waals surface area contributed by atoms with Gasteiger partial charge < -0.3 is 5.32 Å². The number of fused-ring (bicyclic) bond motifs is 1. The van der Waals surface area contributed by atoms with E-state index < -0.39 is 0 Å². The van der Waals surface area contributed by atoms with Crippen molar-refractivity contribution in [1.82, 2.24) is 9.78 Å². The quantitative estimate of drug-likeness (QED) is 0.758. The van der Waals surface area contributed by atoms with Crippen molar-refractivity contribution in [2.45, 2.75) is 25.4 Å². The Bertz CT molecular complexity index is 961. The first-order valence-electron chi connectivity index (χ1n) is 8.26. The average Bonchev–Trinajstić information content (AvgIpc) is 3.18. The molecule has 2 aromatic carbocycles. The predicted molar refractivity (Wildman–Crippen MR) is 102 cm³/mol. The molecule has 0 atom stereocenters. The third-order valence-corrected chi connectivity index (χ3v) is 5.38. The van der Waals surface area contributed by atoms with Gasteiger partial charge in [-0.3, -0.25) is 4.79 Å². The number of thioether (sulfide) groups is 1. The van der Waals surface area contributed by atoms with E-state index in [1.807, 2.05) is 65.8 Å². The zero-order valence-corrected chi connectivity index (χ0v) is 15.1. The fourth-order valence-electron chi connectivity index (χ4n) is 3.08. The summed E-state index contributed by atoms with van der Waals surface area (Å²) in [5.41, 5.74) is 6.06. The first-order valence-corrected chi connectivity index (χ1v) is 9.41. The van der Waals surface area contributed by atoms with Crippen LogP contribution in [-0.4, -0.2) is 15.7 Å². The zero-order valence-electron chi connectivity index (χ0n) is 14.2. The summed E-state index contributed by atoms with van der Waals surface area (Å²) in [5.74, 6) is 2.46. The highest BCUT2D eigenvalue weighted by molar-refractivity contribution is 7.98. The summed E-state index contributed by atoms with van der Waals surface area (Å²) < 4.78 is 1.88. The molecule has 3 aromatic rings. The van der Waals surface area contributed by atoms with Crippen molar-refractivity contribution in [2.75, 3.05) is 5.32 Å². The Balaban J connectivity index is 1.76. The molecule has 0 unspecified atom stereocenters. The van der Waals surface area contributed by atoms with E-state index in [1.54, 1.807) is 0 Å². The Hall–Kier alpha value is -2.53. The second-order valence-electron chi connectivity index (χ2n) is 6.29. The number of para-hydroxylation sites is 1. The van der Waals surface area contributed by atoms with Crippen molar-refractivity contribution < 1.29 is 4.79 Å². The molecule has 0 radical (unpaired) electrons. The van der Waals surface area contributed by atoms with Crippen LogP contribution in [0.25, 0.3) is 5.69 Å². The minimum Gasteiger partial charge on any atom is -0.306 e. The van der Waals surface area contributed by atoms with Crippen LogP contribution >= 0.6 is 11.8 Å². The molecular weight excluding hydrogens is 330 g/mol. The molecule has 0 saturated heterocycles. The molecule has 5 heteroatoms. The number of carbonyl (C=O) groups excluding carboxylic acids is 1. The van der Waals surface area contributed by atoms with Gasteiger partial charge in [0.05, 0.1) is 11.4 Å². The largest absolute Gasteiger partial charge is 0.306 e. The number of hydrogen-bond donors (Lipinski definition) is 1. The highest BCUT2D eigenvalue weighted by Crippen LogP contribution is 2.36. The van der Waals surface area contributed by atoms with Gasteiger partial charge in [0.1, 0.15) is 5.82 Å². The second-order valence-corrected chi connectivity index (χ2v) is 7.27. The minimum atomic E-state index is -0.0989. The number of benzene rings is 2. The maximum absolute atomic E-state index is 12.8. The smallest absolute Gasteiger partial charge is 0.256 e. The molecule has 0 fully saturated rings. The van der Waals surface area contributed by atoms with Gasteiger partial charge >= 0.3 is 0 Å². The van der Waals surface area contributed by atoms with Gasteiger partial charge in [-0.05, 0) is 37.6 Å². The van der Waals surface area contributed by atoms with E-state index >= 15 is 0 Å². The number of nitrogens with one attached hydrogen (secondary N) is 1. The number of amides is 1. The van der Waals surface area contributed by atoms with Crippen LogP contribution in [0.5, 0.6) is 0 Å². The molecule has 25 heavy (non-hydrogen) atoms. The minimum absolute atomic E-state index is 0.0989. The third-order valence-electron chi connectivity index (χ3n) is 4.41. The summed E-state index contributed by atoms with van der Waals surface area (Å²) in [6.45, 7) is 4.05. The summed E-state index contributed by atoms with van der Waals surface area (Å²) in [6, 6.07) is 15.7. The van der Waals surface area contributed by atoms with Gasteiger partial charge in [0, 0.05) is 22.6 Å². The molecule has 0 saturated carbocycles. The molecule has 1 aliphatic heterocycles. The molecule has 1 N–H and O–H groups in total. The van der Waals surface area contributed by atoms with E-state index in [0.29, 0.717) is 5.56 Å². The molecule has 4 rings (SSSR count). The number of aryl methyl sites for hydroxylation is 2. The first kappa shape index (κ1) is 16.0. The van der Waals surface area contributed by atoms with Crippen LogP contribution in [0.2, 0.25) is 0 Å². The van der Waals surface area contributed by atoms with Gasteiger partial charge in [-0.1, -0.05) is 35.9 Å². The molecule has 2 heterocycles. The third kappa shape index (κ3) is 2.96. The molecule has 1 amide bonds. The lowest BCUT2D eigenvalue weighted by atomic mass is 10.1. The Morgan fingerprint density at radius 2 is 1.96 bits per heavy atom. The van der Waals surface area contributed by atoms with Gasteiger partial charge in [-0.2, -0.15) is 16.9 Å². The van der Waals surface area contributed by atoms with Crippen LogP contribution in [0.4, 0.5) is 5.82 Å². The molecule has 0 aliphatic carbocycles. The molecule has 0 spiro atoms. The van der Waals surface area contributed by atoms with Crippen LogP contribution in [0.15, 0.2) is 48.5 Å². The Morgan fingerprint density at radius 3 is 2.76 bits per heavy atom. The number of aromatic nitrogens is 2. The van der Waals surface area contributed by atoms with E-state index in [9.17, 15) is 4.79 Å². The van der Waals surface area contributed by atoms with E-state index in [4.69, 9.17) is 5.10 Å². The van der Waals surface area contributed by atoms with E-state index in [-0.39, 0.29) is 5.91 Å². The highest BCUT2D eigenvalue weighted by Gasteiger charge is 2.25. The van der Waals surface area contributed by atoms with Crippen molar-refractivity contribution in [1.29, 1.82) is 0 Å². The van der Waals surface area contributed by atoms with Gasteiger partial charge in [0.15, 0.2) is 0 Å². The predicted octanol–water partition coefficient (Wildman–Crippen LogP) is 4.49. The van der Waals surface area contributed by atoms with Crippen LogP contribution in [0.3, 0.4) is 0 Å². The van der Waals surface area contributed by atoms with Crippen LogP contribution < -0.4 is 5.32 Å². The molecule has 1 aromatic heterocycles. The normalized spacial score (nSPS) is 12.9. The topological polar surface area (TPSA) is 46.9 Å². The monoisotopic (exact) mass is 349 g/mol. The van der Waals surface area contributed by atoms with Crippen molar-refractivity contribution in [3.05, 3.63) is 76.5 Å². The second kappa shape index (κ2) is 6.41. The summed E-state index contributed by atoms with van der Waals surface area (Å²) in [5, 5.41) is 7.88.